The standard InChI is InChI=1S/3C7H9NO4.4CH4/c3*1-7(3-8)5(10)4(2-9)12-6(7)11;;;;/h3*4-5,9-10H,2H2,1H3;4*1H4/t4-,5?,7?;4-,5-,7+;4-,5-,7-;;;;/m111..../s1. The van der Waals surface area contributed by atoms with Gasteiger partial charge in [0.1, 0.15) is 18.3 Å². The van der Waals surface area contributed by atoms with Gasteiger partial charge in [0, 0.05) is 0 Å². The quantitative estimate of drug-likeness (QED) is 0.172. The van der Waals surface area contributed by atoms with Crippen LogP contribution in [0.15, 0.2) is 0 Å². The number of hydrogen-bond acceptors (Lipinski definition) is 15. The van der Waals surface area contributed by atoms with Gasteiger partial charge in [-0.1, -0.05) is 29.7 Å². The summed E-state index contributed by atoms with van der Waals surface area (Å²) < 4.78 is 13.7. The normalized spacial score (nSPS) is 36.6. The van der Waals surface area contributed by atoms with Gasteiger partial charge in [0.15, 0.2) is 34.6 Å². The van der Waals surface area contributed by atoms with E-state index in [1.807, 2.05) is 0 Å². The molecule has 9 atom stereocenters. The fourth-order valence-corrected chi connectivity index (χ4v) is 3.20. The van der Waals surface area contributed by atoms with E-state index in [9.17, 15) is 29.7 Å². The van der Waals surface area contributed by atoms with Crippen molar-refractivity contribution < 1.29 is 59.2 Å². The Morgan fingerprint density at radius 1 is 0.575 bits per heavy atom. The second-order valence-corrected chi connectivity index (χ2v) is 8.66. The molecule has 15 heteroatoms. The molecule has 15 nitrogen and oxygen atoms in total. The number of aliphatic hydroxyl groups excluding tert-OH is 6. The van der Waals surface area contributed by atoms with Crippen LogP contribution in [0, 0.1) is 50.2 Å². The van der Waals surface area contributed by atoms with Crippen molar-refractivity contribution in [2.75, 3.05) is 19.8 Å². The summed E-state index contributed by atoms with van der Waals surface area (Å²) in [6, 6.07) is 5.01. The first-order valence-electron chi connectivity index (χ1n) is 10.4. The van der Waals surface area contributed by atoms with E-state index >= 15 is 0 Å². The number of aliphatic hydroxyl groups is 6. The van der Waals surface area contributed by atoms with Crippen LogP contribution in [0.1, 0.15) is 50.5 Å². The van der Waals surface area contributed by atoms with E-state index in [0.717, 1.165) is 0 Å². The Bertz CT molecular complexity index is 865. The number of esters is 3. The number of carbonyl (C=O) groups excluding carboxylic acids is 3. The molecule has 0 aromatic carbocycles. The molecule has 0 aromatic rings. The van der Waals surface area contributed by atoms with E-state index < -0.39 is 90.6 Å². The van der Waals surface area contributed by atoms with Crippen LogP contribution in [0.5, 0.6) is 0 Å². The molecule has 3 heterocycles. The van der Waals surface area contributed by atoms with E-state index in [1.165, 1.54) is 20.8 Å². The zero-order valence-corrected chi connectivity index (χ0v) is 19.6. The number of nitrogens with zero attached hydrogens (tertiary/aromatic N) is 3. The molecule has 3 aliphatic rings. The molecule has 40 heavy (non-hydrogen) atoms. The molecule has 3 rings (SSSR count). The van der Waals surface area contributed by atoms with Crippen LogP contribution in [-0.2, 0) is 28.6 Å². The summed E-state index contributed by atoms with van der Waals surface area (Å²) in [5.74, 6) is -2.34. The van der Waals surface area contributed by atoms with E-state index in [2.05, 4.69) is 14.2 Å². The van der Waals surface area contributed by atoms with Gasteiger partial charge in [0.05, 0.1) is 38.0 Å². The summed E-state index contributed by atoms with van der Waals surface area (Å²) in [4.78, 5) is 33.0. The molecular formula is C25H43N3O12. The van der Waals surface area contributed by atoms with Gasteiger partial charge in [-0.3, -0.25) is 14.4 Å². The first-order valence-corrected chi connectivity index (χ1v) is 10.4. The van der Waals surface area contributed by atoms with Crippen molar-refractivity contribution in [3.05, 3.63) is 0 Å². The molecule has 0 radical (unpaired) electrons. The Balaban J connectivity index is -0.000000231. The molecule has 0 aliphatic carbocycles. The van der Waals surface area contributed by atoms with E-state index in [0.29, 0.717) is 0 Å². The highest BCUT2D eigenvalue weighted by Gasteiger charge is 2.56. The second-order valence-electron chi connectivity index (χ2n) is 8.66. The molecule has 6 N–H and O–H groups in total. The van der Waals surface area contributed by atoms with Gasteiger partial charge in [-0.2, -0.15) is 15.8 Å². The molecule has 2 unspecified atom stereocenters. The van der Waals surface area contributed by atoms with Crippen LogP contribution in [0.25, 0.3) is 0 Å². The third-order valence-corrected chi connectivity index (χ3v) is 6.12. The summed E-state index contributed by atoms with van der Waals surface area (Å²) in [5.41, 5.74) is -4.60. The van der Waals surface area contributed by atoms with E-state index in [1.54, 1.807) is 18.2 Å². The van der Waals surface area contributed by atoms with E-state index in [4.69, 9.17) is 31.1 Å². The SMILES string of the molecule is C.C.C.C.CC1(C#N)C(=O)O[C@H](CO)C1O.C[C@@]1(C#N)C(=O)O[C@H](CO)[C@H]1O.C[C@]1(C#N)C(=O)O[C@H](CO)[C@H]1O. The zero-order valence-electron chi connectivity index (χ0n) is 19.6. The van der Waals surface area contributed by atoms with Crippen molar-refractivity contribution in [2.45, 2.75) is 87.1 Å². The minimum absolute atomic E-state index is 0. The fraction of sp³-hybridized carbons (Fsp3) is 0.760. The average Bonchev–Trinajstić information content (AvgIpc) is 3.35. The Kier molecular flexibility index (Phi) is 18.2. The third-order valence-electron chi connectivity index (χ3n) is 6.12. The van der Waals surface area contributed by atoms with Gasteiger partial charge in [-0.25, -0.2) is 0 Å². The molecule has 3 saturated heterocycles. The van der Waals surface area contributed by atoms with Crippen molar-refractivity contribution >= 4 is 17.9 Å². The number of nitriles is 3. The lowest BCUT2D eigenvalue weighted by Crippen LogP contribution is -2.36. The summed E-state index contributed by atoms with van der Waals surface area (Å²) >= 11 is 0. The Hall–Kier alpha value is -3.36. The smallest absolute Gasteiger partial charge is 0.329 e. The maximum absolute atomic E-state index is 11.0. The summed E-state index contributed by atoms with van der Waals surface area (Å²) in [6.07, 6.45) is -6.66. The molecule has 0 amide bonds. The topological polar surface area (TPSA) is 272 Å². The predicted octanol–water partition coefficient (Wildman–Crippen LogP) is -1.07. The molecule has 0 spiro atoms. The number of carbonyl (C=O) groups is 3. The van der Waals surface area contributed by atoms with Crippen LogP contribution in [0.4, 0.5) is 0 Å². The van der Waals surface area contributed by atoms with Crippen molar-refractivity contribution in [3.63, 3.8) is 0 Å². The third kappa shape index (κ3) is 7.64. The van der Waals surface area contributed by atoms with Gasteiger partial charge in [-0.15, -0.1) is 0 Å². The Morgan fingerprint density at radius 3 is 0.825 bits per heavy atom. The fourth-order valence-electron chi connectivity index (χ4n) is 3.20. The second kappa shape index (κ2) is 16.7. The predicted molar refractivity (Wildman–Crippen MR) is 137 cm³/mol. The lowest BCUT2D eigenvalue weighted by atomic mass is 9.86. The average molecular weight is 578 g/mol. The first kappa shape index (κ1) is 43.7. The van der Waals surface area contributed by atoms with Crippen LogP contribution < -0.4 is 0 Å². The molecule has 0 aromatic heterocycles. The highest BCUT2D eigenvalue weighted by molar-refractivity contribution is 5.84. The van der Waals surface area contributed by atoms with Gasteiger partial charge >= 0.3 is 17.9 Å². The highest BCUT2D eigenvalue weighted by Crippen LogP contribution is 2.34. The first-order chi connectivity index (χ1) is 16.7. The maximum atomic E-state index is 11.0. The number of hydrogen-bond donors (Lipinski definition) is 6. The summed E-state index contributed by atoms with van der Waals surface area (Å²) in [5, 5.41) is 79.7. The maximum Gasteiger partial charge on any atom is 0.329 e. The zero-order chi connectivity index (χ0) is 28.1. The van der Waals surface area contributed by atoms with Crippen LogP contribution in [-0.4, -0.2) is 105 Å². The Labute approximate surface area is 234 Å². The van der Waals surface area contributed by atoms with Gasteiger partial charge in [0.25, 0.3) is 0 Å². The molecule has 0 saturated carbocycles. The van der Waals surface area contributed by atoms with Crippen LogP contribution in [0.3, 0.4) is 0 Å². The lowest BCUT2D eigenvalue weighted by molar-refractivity contribution is -0.148. The van der Waals surface area contributed by atoms with Crippen LogP contribution >= 0.6 is 0 Å². The molecule has 230 valence electrons. The molecule has 3 aliphatic heterocycles. The van der Waals surface area contributed by atoms with E-state index in [-0.39, 0.29) is 29.7 Å². The summed E-state index contributed by atoms with van der Waals surface area (Å²) in [6.45, 7) is 2.46. The largest absolute Gasteiger partial charge is 0.456 e. The molecular weight excluding hydrogens is 534 g/mol. The lowest BCUT2D eigenvalue weighted by Gasteiger charge is -2.15. The highest BCUT2D eigenvalue weighted by atomic mass is 16.6. The van der Waals surface area contributed by atoms with Crippen molar-refractivity contribution in [1.82, 2.24) is 0 Å². The van der Waals surface area contributed by atoms with Gasteiger partial charge in [0.2, 0.25) is 0 Å². The molecule has 3 fully saturated rings. The number of rotatable bonds is 3. The number of ether oxygens (including phenoxy) is 3. The monoisotopic (exact) mass is 577 g/mol. The van der Waals surface area contributed by atoms with Crippen molar-refractivity contribution in [3.8, 4) is 18.2 Å². The number of cyclic esters (lactones) is 3. The van der Waals surface area contributed by atoms with Gasteiger partial charge < -0.3 is 44.8 Å². The van der Waals surface area contributed by atoms with Crippen LogP contribution in [0.2, 0.25) is 0 Å². The minimum Gasteiger partial charge on any atom is -0.456 e. The van der Waals surface area contributed by atoms with Crippen molar-refractivity contribution in [2.24, 2.45) is 16.2 Å². The Morgan fingerprint density at radius 2 is 0.750 bits per heavy atom. The van der Waals surface area contributed by atoms with Crippen molar-refractivity contribution in [1.29, 1.82) is 15.8 Å². The van der Waals surface area contributed by atoms with Gasteiger partial charge in [-0.05, 0) is 20.8 Å². The molecule has 0 bridgehead atoms. The minimum atomic E-state index is -1.53. The summed E-state index contributed by atoms with van der Waals surface area (Å²) in [7, 11) is 0.